The Balaban J connectivity index is 1.60. The molecular weight excluding hydrogens is 710 g/mol. The highest BCUT2D eigenvalue weighted by Crippen LogP contribution is 2.77. The van der Waals surface area contributed by atoms with E-state index in [2.05, 4.69) is 0 Å². The summed E-state index contributed by atoms with van der Waals surface area (Å²) in [5.74, 6) is -7.18. The number of hydrogen-bond acceptors (Lipinski definition) is 6. The number of hydrogen-bond donors (Lipinski definition) is 0. The summed E-state index contributed by atoms with van der Waals surface area (Å²) in [7, 11) is 0. The first-order valence-corrected chi connectivity index (χ1v) is 14.3. The molecule has 2 fully saturated rings. The lowest BCUT2D eigenvalue weighted by atomic mass is 9.84. The van der Waals surface area contributed by atoms with Gasteiger partial charge in [0.05, 0.1) is 31.8 Å². The van der Waals surface area contributed by atoms with Crippen LogP contribution in [-0.2, 0) is 9.59 Å². The molecule has 41 heavy (non-hydrogen) atoms. The van der Waals surface area contributed by atoms with Crippen molar-refractivity contribution in [2.75, 3.05) is 6.54 Å². The van der Waals surface area contributed by atoms with Crippen LogP contribution < -0.4 is 0 Å². The lowest BCUT2D eigenvalue weighted by molar-refractivity contribution is -0.384. The number of imide groups is 1. The second kappa shape index (κ2) is 10.1. The Bertz CT molecular complexity index is 1570. The topological polar surface area (TPSA) is 118 Å². The first kappa shape index (κ1) is 30.6. The molecule has 3 aliphatic rings. The van der Waals surface area contributed by atoms with Gasteiger partial charge in [-0.3, -0.25) is 29.3 Å². The van der Waals surface area contributed by atoms with Gasteiger partial charge in [-0.25, -0.2) is 5.01 Å². The van der Waals surface area contributed by atoms with Crippen LogP contribution in [-0.4, -0.2) is 59.1 Å². The van der Waals surface area contributed by atoms with E-state index in [1.54, 1.807) is 0 Å². The minimum absolute atomic E-state index is 0.0597. The van der Waals surface area contributed by atoms with E-state index < -0.39 is 60.9 Å². The Morgan fingerprint density at radius 2 is 1.39 bits per heavy atom. The fourth-order valence-corrected chi connectivity index (χ4v) is 8.71. The molecule has 0 spiro atoms. The van der Waals surface area contributed by atoms with E-state index in [9.17, 15) is 29.3 Å². The number of amides is 3. The Kier molecular flexibility index (Phi) is 7.57. The summed E-state index contributed by atoms with van der Waals surface area (Å²) in [5.41, 5.74) is -0.612. The highest BCUT2D eigenvalue weighted by Gasteiger charge is 2.88. The molecule has 0 unspecified atom stereocenters. The average Bonchev–Trinajstić information content (AvgIpc) is 3.30. The maximum absolute atomic E-state index is 13.9. The van der Waals surface area contributed by atoms with Crippen molar-refractivity contribution < 1.29 is 24.1 Å². The average molecular weight is 721 g/mol. The van der Waals surface area contributed by atoms with Crippen LogP contribution in [0.1, 0.15) is 20.7 Å². The number of nitrogens with zero attached hydrogens (tertiary/aromatic N) is 3. The third-order valence-electron chi connectivity index (χ3n) is 7.21. The summed E-state index contributed by atoms with van der Waals surface area (Å²) in [6.07, 6.45) is 0. The van der Waals surface area contributed by atoms with Crippen molar-refractivity contribution in [1.29, 1.82) is 0 Å². The maximum atomic E-state index is 13.9. The molecule has 1 aliphatic heterocycles. The maximum Gasteiger partial charge on any atom is 0.273 e. The monoisotopic (exact) mass is 717 g/mol. The zero-order valence-electron chi connectivity index (χ0n) is 19.7. The van der Waals surface area contributed by atoms with Crippen molar-refractivity contribution in [3.63, 3.8) is 0 Å². The van der Waals surface area contributed by atoms with Gasteiger partial charge in [0.25, 0.3) is 23.4 Å². The van der Waals surface area contributed by atoms with E-state index >= 15 is 0 Å². The zero-order valence-corrected chi connectivity index (χ0v) is 25.8. The Morgan fingerprint density at radius 3 is 1.85 bits per heavy atom. The number of alkyl halides is 4. The van der Waals surface area contributed by atoms with Crippen molar-refractivity contribution in [1.82, 2.24) is 10.0 Å². The van der Waals surface area contributed by atoms with Crippen LogP contribution in [0.15, 0.2) is 52.5 Å². The highest BCUT2D eigenvalue weighted by atomic mass is 35.5. The molecule has 2 aliphatic carbocycles. The fraction of sp³-hybridized carbons (Fsp3) is 0.250. The third kappa shape index (κ3) is 4.04. The number of hydrazine groups is 1. The second-order valence-electron chi connectivity index (χ2n) is 9.28. The van der Waals surface area contributed by atoms with Crippen LogP contribution in [0.2, 0.25) is 10.0 Å². The molecule has 2 bridgehead atoms. The molecule has 5 rings (SSSR count). The largest absolute Gasteiger partial charge is 0.292 e. The standard InChI is InChI=1S/C24H11Cl8N3O6/c25-10-3-6-12(13(26)7-10)14(36)8-33(19(37)9-1-4-11(5-2-9)35(40)41)34-20(38)15-16(21(34)39)23(30)18(28)17(27)22(15,29)24(23,31)32/h1-7,15-16H,8H2/t15-,16-,22+,23+/m0/s1. The minimum Gasteiger partial charge on any atom is -0.292 e. The van der Waals surface area contributed by atoms with E-state index in [1.165, 1.54) is 18.2 Å². The Hall–Kier alpha value is -1.82. The lowest BCUT2D eigenvalue weighted by Crippen LogP contribution is -2.56. The van der Waals surface area contributed by atoms with Crippen LogP contribution in [0, 0.1) is 22.0 Å². The van der Waals surface area contributed by atoms with Gasteiger partial charge >= 0.3 is 0 Å². The van der Waals surface area contributed by atoms with Gasteiger partial charge in [-0.1, -0.05) is 69.6 Å². The molecule has 17 heteroatoms. The number of ketones is 1. The van der Waals surface area contributed by atoms with Crippen molar-refractivity contribution in [2.24, 2.45) is 11.8 Å². The van der Waals surface area contributed by atoms with Crippen molar-refractivity contribution >= 4 is 122 Å². The van der Waals surface area contributed by atoms with E-state index in [1.807, 2.05) is 0 Å². The number of carbonyl (C=O) groups is 4. The number of nitro groups is 1. The lowest BCUT2D eigenvalue weighted by Gasteiger charge is -2.36. The summed E-state index contributed by atoms with van der Waals surface area (Å²) in [6.45, 7) is -0.888. The molecule has 9 nitrogen and oxygen atoms in total. The second-order valence-corrected chi connectivity index (χ2v) is 13.4. The van der Waals surface area contributed by atoms with Gasteiger partial charge in [-0.05, 0) is 30.3 Å². The van der Waals surface area contributed by atoms with Gasteiger partial charge in [-0.15, -0.1) is 23.2 Å². The minimum atomic E-state index is -2.22. The molecule has 214 valence electrons. The van der Waals surface area contributed by atoms with Crippen LogP contribution in [0.25, 0.3) is 0 Å². The molecule has 0 N–H and O–H groups in total. The quantitative estimate of drug-likeness (QED) is 0.109. The van der Waals surface area contributed by atoms with Gasteiger partial charge in [0, 0.05) is 28.3 Å². The number of benzene rings is 2. The summed E-state index contributed by atoms with van der Waals surface area (Å²) in [6, 6.07) is 8.21. The van der Waals surface area contributed by atoms with Crippen LogP contribution in [0.5, 0.6) is 0 Å². The number of allylic oxidation sites excluding steroid dienone is 2. The van der Waals surface area contributed by atoms with Gasteiger partial charge in [0.1, 0.15) is 16.3 Å². The number of halogens is 8. The zero-order chi connectivity index (χ0) is 30.4. The molecule has 2 aromatic rings. The summed E-state index contributed by atoms with van der Waals surface area (Å²) < 4.78 is -2.22. The normalized spacial score (nSPS) is 27.9. The summed E-state index contributed by atoms with van der Waals surface area (Å²) >= 11 is 51.3. The van der Waals surface area contributed by atoms with Crippen LogP contribution >= 0.6 is 92.8 Å². The van der Waals surface area contributed by atoms with E-state index in [-0.39, 0.29) is 36.9 Å². The molecule has 1 saturated carbocycles. The van der Waals surface area contributed by atoms with Gasteiger partial charge in [0.15, 0.2) is 10.1 Å². The molecule has 1 heterocycles. The van der Waals surface area contributed by atoms with Crippen molar-refractivity contribution in [3.05, 3.63) is 83.8 Å². The number of nitro benzene ring substituents is 1. The van der Waals surface area contributed by atoms with Crippen LogP contribution in [0.3, 0.4) is 0 Å². The van der Waals surface area contributed by atoms with E-state index in [4.69, 9.17) is 92.8 Å². The predicted molar refractivity (Wildman–Crippen MR) is 154 cm³/mol. The summed E-state index contributed by atoms with van der Waals surface area (Å²) in [5, 5.41) is 11.5. The van der Waals surface area contributed by atoms with Crippen LogP contribution in [0.4, 0.5) is 5.69 Å². The fourth-order valence-electron chi connectivity index (χ4n) is 5.26. The summed E-state index contributed by atoms with van der Waals surface area (Å²) in [4.78, 5) is 61.0. The highest BCUT2D eigenvalue weighted by molar-refractivity contribution is 6.66. The van der Waals surface area contributed by atoms with E-state index in [0.717, 1.165) is 24.3 Å². The molecule has 4 atom stereocenters. The number of rotatable bonds is 6. The molecular formula is C24H11Cl8N3O6. The molecule has 0 aromatic heterocycles. The molecule has 3 amide bonds. The first-order chi connectivity index (χ1) is 19.0. The molecule has 1 saturated heterocycles. The number of carbonyl (C=O) groups excluding carboxylic acids is 4. The SMILES string of the molecule is O=C(CN(C(=O)c1ccc([N+](=O)[O-])cc1)N1C(=O)[C@@H]2[C@@H](C1=O)[C@@]1(Cl)C(Cl)=C(Cl)[C@@]2(Cl)C1(Cl)Cl)c1ccc(Cl)cc1Cl. The Morgan fingerprint density at radius 1 is 0.878 bits per heavy atom. The van der Waals surface area contributed by atoms with E-state index in [0.29, 0.717) is 10.0 Å². The van der Waals surface area contributed by atoms with Gasteiger partial charge in [-0.2, -0.15) is 5.01 Å². The smallest absolute Gasteiger partial charge is 0.273 e. The van der Waals surface area contributed by atoms with Crippen molar-refractivity contribution in [3.8, 4) is 0 Å². The number of fused-ring (bicyclic) bond motifs is 5. The Labute approximate surface area is 270 Å². The number of Topliss-reactive ketones (excluding diaryl/α,β-unsaturated/α-hetero) is 1. The van der Waals surface area contributed by atoms with Gasteiger partial charge in [0.2, 0.25) is 0 Å². The number of non-ortho nitro benzene ring substituents is 1. The van der Waals surface area contributed by atoms with Gasteiger partial charge < -0.3 is 0 Å². The third-order valence-corrected chi connectivity index (χ3v) is 12.0. The molecule has 0 radical (unpaired) electrons. The molecule has 2 aromatic carbocycles. The van der Waals surface area contributed by atoms with Crippen molar-refractivity contribution in [2.45, 2.75) is 14.1 Å². The first-order valence-electron chi connectivity index (χ1n) is 11.3. The predicted octanol–water partition coefficient (Wildman–Crippen LogP) is 6.59.